The highest BCUT2D eigenvalue weighted by molar-refractivity contribution is 7.98. The van der Waals surface area contributed by atoms with Crippen molar-refractivity contribution in [1.82, 2.24) is 20.2 Å². The second kappa shape index (κ2) is 4.30. The Hall–Kier alpha value is -0.780. The SMILES string of the molecule is CSCC(C)Nc1nnnn1C. The topological polar surface area (TPSA) is 55.6 Å². The summed E-state index contributed by atoms with van der Waals surface area (Å²) in [6.45, 7) is 2.10. The first-order chi connectivity index (χ1) is 5.74. The predicted molar refractivity (Wildman–Crippen MR) is 50.3 cm³/mol. The summed E-state index contributed by atoms with van der Waals surface area (Å²) < 4.78 is 1.62. The van der Waals surface area contributed by atoms with Gasteiger partial charge in [0.05, 0.1) is 0 Å². The van der Waals surface area contributed by atoms with Crippen LogP contribution in [0.1, 0.15) is 6.92 Å². The Morgan fingerprint density at radius 3 is 2.92 bits per heavy atom. The molecule has 0 aliphatic carbocycles. The van der Waals surface area contributed by atoms with Gasteiger partial charge < -0.3 is 5.32 Å². The molecule has 5 nitrogen and oxygen atoms in total. The van der Waals surface area contributed by atoms with Crippen LogP contribution in [0.4, 0.5) is 5.95 Å². The molecule has 0 saturated carbocycles. The molecule has 1 N–H and O–H groups in total. The maximum atomic E-state index is 3.82. The fourth-order valence-electron chi connectivity index (χ4n) is 0.864. The van der Waals surface area contributed by atoms with Gasteiger partial charge in [-0.05, 0) is 23.6 Å². The van der Waals surface area contributed by atoms with E-state index in [1.54, 1.807) is 16.4 Å². The summed E-state index contributed by atoms with van der Waals surface area (Å²) in [7, 11) is 1.81. The molecule has 1 atom stereocenters. The Balaban J connectivity index is 2.46. The van der Waals surface area contributed by atoms with E-state index >= 15 is 0 Å². The molecule has 1 rings (SSSR count). The molecular formula is C6H13N5S. The van der Waals surface area contributed by atoms with Crippen molar-refractivity contribution in [3.05, 3.63) is 0 Å². The van der Waals surface area contributed by atoms with Crippen molar-refractivity contribution in [3.63, 3.8) is 0 Å². The third-order valence-corrected chi connectivity index (χ3v) is 2.25. The molecule has 6 heteroatoms. The van der Waals surface area contributed by atoms with Crippen LogP contribution in [0.2, 0.25) is 0 Å². The van der Waals surface area contributed by atoms with Crippen LogP contribution in [-0.4, -0.2) is 38.3 Å². The summed E-state index contributed by atoms with van der Waals surface area (Å²) in [5.74, 6) is 1.77. The molecule has 68 valence electrons. The van der Waals surface area contributed by atoms with Crippen LogP contribution in [0.5, 0.6) is 0 Å². The molecule has 1 unspecified atom stereocenters. The summed E-state index contributed by atoms with van der Waals surface area (Å²) in [4.78, 5) is 0. The molecule has 0 radical (unpaired) electrons. The molecule has 0 spiro atoms. The van der Waals surface area contributed by atoms with Crippen LogP contribution in [0.25, 0.3) is 0 Å². The van der Waals surface area contributed by atoms with E-state index in [0.717, 1.165) is 11.7 Å². The third kappa shape index (κ3) is 2.37. The number of aromatic nitrogens is 4. The minimum Gasteiger partial charge on any atom is -0.350 e. The van der Waals surface area contributed by atoms with E-state index in [-0.39, 0.29) is 0 Å². The first-order valence-corrected chi connectivity index (χ1v) is 5.11. The number of hydrogen-bond acceptors (Lipinski definition) is 5. The van der Waals surface area contributed by atoms with Gasteiger partial charge in [0.25, 0.3) is 0 Å². The van der Waals surface area contributed by atoms with Gasteiger partial charge in [-0.1, -0.05) is 5.10 Å². The second-order valence-electron chi connectivity index (χ2n) is 2.63. The highest BCUT2D eigenvalue weighted by Crippen LogP contribution is 2.03. The molecule has 1 aromatic rings. The lowest BCUT2D eigenvalue weighted by Gasteiger charge is -2.10. The van der Waals surface area contributed by atoms with Gasteiger partial charge in [0.15, 0.2) is 0 Å². The molecule has 1 aromatic heterocycles. The number of aryl methyl sites for hydroxylation is 1. The van der Waals surface area contributed by atoms with Gasteiger partial charge in [0, 0.05) is 18.8 Å². The van der Waals surface area contributed by atoms with Crippen LogP contribution in [0, 0.1) is 0 Å². The van der Waals surface area contributed by atoms with Crippen molar-refractivity contribution in [2.24, 2.45) is 7.05 Å². The predicted octanol–water partition coefficient (Wildman–Crippen LogP) is 0.373. The third-order valence-electron chi connectivity index (χ3n) is 1.41. The van der Waals surface area contributed by atoms with Gasteiger partial charge in [-0.3, -0.25) is 0 Å². The lowest BCUT2D eigenvalue weighted by molar-refractivity contribution is 0.707. The number of hydrogen-bond donors (Lipinski definition) is 1. The van der Waals surface area contributed by atoms with Gasteiger partial charge >= 0.3 is 0 Å². The smallest absolute Gasteiger partial charge is 0.242 e. The summed E-state index contributed by atoms with van der Waals surface area (Å²) in [6.07, 6.45) is 2.08. The summed E-state index contributed by atoms with van der Waals surface area (Å²) in [5, 5.41) is 14.3. The summed E-state index contributed by atoms with van der Waals surface area (Å²) >= 11 is 1.80. The van der Waals surface area contributed by atoms with Gasteiger partial charge in [0.2, 0.25) is 5.95 Å². The van der Waals surface area contributed by atoms with Gasteiger partial charge in [-0.15, -0.1) is 0 Å². The van der Waals surface area contributed by atoms with E-state index in [4.69, 9.17) is 0 Å². The number of nitrogens with one attached hydrogen (secondary N) is 1. The maximum absolute atomic E-state index is 3.82. The minimum atomic E-state index is 0.393. The van der Waals surface area contributed by atoms with Crippen LogP contribution in [0.3, 0.4) is 0 Å². The standard InChI is InChI=1S/C6H13N5S/c1-5(4-12-3)7-6-8-9-10-11(6)2/h5H,4H2,1-3H3,(H,7,8,10). The Morgan fingerprint density at radius 1 is 1.67 bits per heavy atom. The van der Waals surface area contributed by atoms with Crippen molar-refractivity contribution in [1.29, 1.82) is 0 Å². The minimum absolute atomic E-state index is 0.393. The highest BCUT2D eigenvalue weighted by atomic mass is 32.2. The number of rotatable bonds is 4. The van der Waals surface area contributed by atoms with Crippen LogP contribution in [0.15, 0.2) is 0 Å². The zero-order chi connectivity index (χ0) is 8.97. The molecule has 12 heavy (non-hydrogen) atoms. The Bertz CT molecular complexity index is 236. The Labute approximate surface area is 75.9 Å². The zero-order valence-corrected chi connectivity index (χ0v) is 8.30. The molecule has 0 fully saturated rings. The largest absolute Gasteiger partial charge is 0.350 e. The average Bonchev–Trinajstić information content (AvgIpc) is 2.37. The normalized spacial score (nSPS) is 12.9. The van der Waals surface area contributed by atoms with Crippen LogP contribution < -0.4 is 5.32 Å². The van der Waals surface area contributed by atoms with Crippen LogP contribution in [-0.2, 0) is 7.05 Å². The first kappa shape index (κ1) is 9.31. The Kier molecular flexibility index (Phi) is 3.33. The zero-order valence-electron chi connectivity index (χ0n) is 7.48. The quantitative estimate of drug-likeness (QED) is 0.738. The van der Waals surface area contributed by atoms with E-state index < -0.39 is 0 Å². The number of thioether (sulfide) groups is 1. The number of nitrogens with zero attached hydrogens (tertiary/aromatic N) is 4. The van der Waals surface area contributed by atoms with Crippen LogP contribution >= 0.6 is 11.8 Å². The van der Waals surface area contributed by atoms with Crippen molar-refractivity contribution < 1.29 is 0 Å². The summed E-state index contributed by atoms with van der Waals surface area (Å²) in [5.41, 5.74) is 0. The lowest BCUT2D eigenvalue weighted by Crippen LogP contribution is -2.20. The van der Waals surface area contributed by atoms with E-state index in [2.05, 4.69) is 34.0 Å². The molecule has 0 saturated heterocycles. The fraction of sp³-hybridized carbons (Fsp3) is 0.833. The van der Waals surface area contributed by atoms with E-state index in [0.29, 0.717) is 6.04 Å². The number of anilines is 1. The van der Waals surface area contributed by atoms with Crippen molar-refractivity contribution >= 4 is 17.7 Å². The highest BCUT2D eigenvalue weighted by Gasteiger charge is 2.05. The monoisotopic (exact) mass is 187 g/mol. The molecular weight excluding hydrogens is 174 g/mol. The van der Waals surface area contributed by atoms with Gasteiger partial charge in [0.1, 0.15) is 0 Å². The second-order valence-corrected chi connectivity index (χ2v) is 3.54. The van der Waals surface area contributed by atoms with E-state index in [1.165, 1.54) is 0 Å². The number of tetrazole rings is 1. The van der Waals surface area contributed by atoms with E-state index in [9.17, 15) is 0 Å². The van der Waals surface area contributed by atoms with Gasteiger partial charge in [-0.25, -0.2) is 4.68 Å². The maximum Gasteiger partial charge on any atom is 0.242 e. The van der Waals surface area contributed by atoms with Crippen molar-refractivity contribution in [3.8, 4) is 0 Å². The molecule has 0 aromatic carbocycles. The average molecular weight is 187 g/mol. The summed E-state index contributed by atoms with van der Waals surface area (Å²) in [6, 6.07) is 0.393. The molecule has 1 heterocycles. The van der Waals surface area contributed by atoms with Crippen molar-refractivity contribution in [2.75, 3.05) is 17.3 Å². The molecule has 0 amide bonds. The van der Waals surface area contributed by atoms with Crippen molar-refractivity contribution in [2.45, 2.75) is 13.0 Å². The molecule has 0 aliphatic heterocycles. The lowest BCUT2D eigenvalue weighted by atomic mass is 10.4. The Morgan fingerprint density at radius 2 is 2.42 bits per heavy atom. The molecule has 0 bridgehead atoms. The fourth-order valence-corrected chi connectivity index (χ4v) is 1.45. The van der Waals surface area contributed by atoms with E-state index in [1.807, 2.05) is 7.05 Å². The van der Waals surface area contributed by atoms with Gasteiger partial charge in [-0.2, -0.15) is 11.8 Å². The molecule has 0 aliphatic rings. The first-order valence-electron chi connectivity index (χ1n) is 3.72.